The van der Waals surface area contributed by atoms with Gasteiger partial charge in [-0.25, -0.2) is 0 Å². The van der Waals surface area contributed by atoms with Gasteiger partial charge in [0.2, 0.25) is 0 Å². The minimum atomic E-state index is 0.174. The van der Waals surface area contributed by atoms with Crippen molar-refractivity contribution in [1.29, 1.82) is 0 Å². The molecule has 112 valence electrons. The third-order valence-corrected chi connectivity index (χ3v) is 3.24. The van der Waals surface area contributed by atoms with Gasteiger partial charge in [-0.2, -0.15) is 0 Å². The highest BCUT2D eigenvalue weighted by atomic mass is 16.5. The zero-order valence-electron chi connectivity index (χ0n) is 12.8. The number of hydrogen-bond acceptors (Lipinski definition) is 3. The first-order chi connectivity index (χ1) is 10.3. The molecule has 0 saturated heterocycles. The normalized spacial score (nSPS) is 12.3. The molecule has 0 spiro atoms. The molecule has 0 aliphatic carbocycles. The number of ether oxygens (including phenoxy) is 2. The molecule has 0 aliphatic rings. The van der Waals surface area contributed by atoms with Gasteiger partial charge in [-0.1, -0.05) is 30.3 Å². The lowest BCUT2D eigenvalue weighted by atomic mass is 10.1. The standard InChI is InChI=1S/C18H23NO2/c1-3-20-14-18-12-17(9-10-19-18)11-15(2)21-13-16-7-5-4-6-8-16/h4-10,12,15H,3,11,13-14H2,1-2H3. The second kappa shape index (κ2) is 8.55. The molecular formula is C18H23NO2. The average Bonchev–Trinajstić information content (AvgIpc) is 2.52. The Bertz CT molecular complexity index is 528. The lowest BCUT2D eigenvalue weighted by Crippen LogP contribution is -2.12. The van der Waals surface area contributed by atoms with Crippen molar-refractivity contribution < 1.29 is 9.47 Å². The van der Waals surface area contributed by atoms with E-state index in [1.807, 2.05) is 37.4 Å². The quantitative estimate of drug-likeness (QED) is 0.740. The predicted octanol–water partition coefficient (Wildman–Crippen LogP) is 3.77. The molecule has 0 bridgehead atoms. The van der Waals surface area contributed by atoms with Crippen molar-refractivity contribution >= 4 is 0 Å². The fourth-order valence-electron chi connectivity index (χ4n) is 2.14. The van der Waals surface area contributed by atoms with Crippen molar-refractivity contribution in [3.05, 3.63) is 65.5 Å². The molecule has 0 saturated carbocycles. The van der Waals surface area contributed by atoms with E-state index in [9.17, 15) is 0 Å². The summed E-state index contributed by atoms with van der Waals surface area (Å²) in [5, 5.41) is 0. The molecule has 21 heavy (non-hydrogen) atoms. The van der Waals surface area contributed by atoms with Gasteiger partial charge in [-0.3, -0.25) is 4.98 Å². The van der Waals surface area contributed by atoms with E-state index in [2.05, 4.69) is 30.1 Å². The van der Waals surface area contributed by atoms with Crippen molar-refractivity contribution in [2.75, 3.05) is 6.61 Å². The van der Waals surface area contributed by atoms with Crippen LogP contribution in [-0.4, -0.2) is 17.7 Å². The summed E-state index contributed by atoms with van der Waals surface area (Å²) < 4.78 is 11.3. The fraction of sp³-hybridized carbons (Fsp3) is 0.389. The minimum absolute atomic E-state index is 0.174. The molecule has 3 heteroatoms. The van der Waals surface area contributed by atoms with Crippen LogP contribution in [0.5, 0.6) is 0 Å². The molecule has 1 aromatic heterocycles. The van der Waals surface area contributed by atoms with Gasteiger partial charge in [0.05, 0.1) is 25.0 Å². The molecule has 2 rings (SSSR count). The van der Waals surface area contributed by atoms with Crippen molar-refractivity contribution in [3.8, 4) is 0 Å². The van der Waals surface area contributed by atoms with E-state index in [4.69, 9.17) is 9.47 Å². The SMILES string of the molecule is CCOCc1cc(CC(C)OCc2ccccc2)ccn1. The number of hydrogen-bond donors (Lipinski definition) is 0. The summed E-state index contributed by atoms with van der Waals surface area (Å²) in [6.07, 6.45) is 2.90. The van der Waals surface area contributed by atoms with Gasteiger partial charge < -0.3 is 9.47 Å². The average molecular weight is 285 g/mol. The van der Waals surface area contributed by atoms with Gasteiger partial charge in [-0.15, -0.1) is 0 Å². The molecule has 1 atom stereocenters. The first-order valence-electron chi connectivity index (χ1n) is 7.45. The van der Waals surface area contributed by atoms with Crippen molar-refractivity contribution in [3.63, 3.8) is 0 Å². The van der Waals surface area contributed by atoms with Gasteiger partial charge >= 0.3 is 0 Å². The molecule has 0 amide bonds. The highest BCUT2D eigenvalue weighted by Crippen LogP contribution is 2.10. The summed E-state index contributed by atoms with van der Waals surface area (Å²) in [7, 11) is 0. The molecule has 1 aromatic carbocycles. The van der Waals surface area contributed by atoms with Crippen LogP contribution in [0.4, 0.5) is 0 Å². The van der Waals surface area contributed by atoms with Gasteiger partial charge in [0.25, 0.3) is 0 Å². The number of pyridine rings is 1. The number of nitrogens with zero attached hydrogens (tertiary/aromatic N) is 1. The summed E-state index contributed by atoms with van der Waals surface area (Å²) in [4.78, 5) is 4.31. The lowest BCUT2D eigenvalue weighted by Gasteiger charge is -2.13. The highest BCUT2D eigenvalue weighted by Gasteiger charge is 2.06. The first-order valence-corrected chi connectivity index (χ1v) is 7.45. The van der Waals surface area contributed by atoms with Gasteiger partial charge in [0.1, 0.15) is 0 Å². The number of rotatable bonds is 8. The Kier molecular flexibility index (Phi) is 6.38. The minimum Gasteiger partial charge on any atom is -0.375 e. The maximum absolute atomic E-state index is 5.90. The van der Waals surface area contributed by atoms with E-state index in [0.717, 1.165) is 12.1 Å². The fourth-order valence-corrected chi connectivity index (χ4v) is 2.14. The third kappa shape index (κ3) is 5.66. The van der Waals surface area contributed by atoms with E-state index in [1.54, 1.807) is 0 Å². The molecule has 3 nitrogen and oxygen atoms in total. The number of aromatic nitrogens is 1. The van der Waals surface area contributed by atoms with Gasteiger partial charge in [0, 0.05) is 12.8 Å². The van der Waals surface area contributed by atoms with Crippen LogP contribution in [0.3, 0.4) is 0 Å². The molecule has 0 radical (unpaired) electrons. The molecular weight excluding hydrogens is 262 g/mol. The van der Waals surface area contributed by atoms with Crippen molar-refractivity contribution in [1.82, 2.24) is 4.98 Å². The Labute approximate surface area is 126 Å². The largest absolute Gasteiger partial charge is 0.375 e. The predicted molar refractivity (Wildman–Crippen MR) is 84.0 cm³/mol. The smallest absolute Gasteiger partial charge is 0.0887 e. The summed E-state index contributed by atoms with van der Waals surface area (Å²) in [6, 6.07) is 14.4. The van der Waals surface area contributed by atoms with Crippen LogP contribution >= 0.6 is 0 Å². The van der Waals surface area contributed by atoms with Crippen LogP contribution in [0.1, 0.15) is 30.7 Å². The van der Waals surface area contributed by atoms with Crippen LogP contribution in [-0.2, 0) is 29.1 Å². The molecule has 0 aliphatic heterocycles. The Morgan fingerprint density at radius 1 is 1.05 bits per heavy atom. The van der Waals surface area contributed by atoms with E-state index in [1.165, 1.54) is 11.1 Å². The van der Waals surface area contributed by atoms with Gasteiger partial charge in [0.15, 0.2) is 0 Å². The van der Waals surface area contributed by atoms with E-state index < -0.39 is 0 Å². The van der Waals surface area contributed by atoms with Crippen molar-refractivity contribution in [2.45, 2.75) is 39.6 Å². The van der Waals surface area contributed by atoms with Crippen LogP contribution in [0.2, 0.25) is 0 Å². The zero-order chi connectivity index (χ0) is 14.9. The third-order valence-electron chi connectivity index (χ3n) is 3.24. The maximum Gasteiger partial charge on any atom is 0.0887 e. The molecule has 0 fully saturated rings. The summed E-state index contributed by atoms with van der Waals surface area (Å²) in [5.41, 5.74) is 3.42. The molecule has 1 unspecified atom stereocenters. The topological polar surface area (TPSA) is 31.4 Å². The summed E-state index contributed by atoms with van der Waals surface area (Å²) >= 11 is 0. The Hall–Kier alpha value is -1.71. The summed E-state index contributed by atoms with van der Waals surface area (Å²) in [5.74, 6) is 0. The van der Waals surface area contributed by atoms with Crippen LogP contribution < -0.4 is 0 Å². The second-order valence-corrected chi connectivity index (χ2v) is 5.10. The Morgan fingerprint density at radius 2 is 1.86 bits per heavy atom. The van der Waals surface area contributed by atoms with E-state index in [-0.39, 0.29) is 6.10 Å². The van der Waals surface area contributed by atoms with Crippen molar-refractivity contribution in [2.24, 2.45) is 0 Å². The Morgan fingerprint density at radius 3 is 2.62 bits per heavy atom. The second-order valence-electron chi connectivity index (χ2n) is 5.10. The highest BCUT2D eigenvalue weighted by molar-refractivity contribution is 5.17. The molecule has 2 aromatic rings. The molecule has 0 N–H and O–H groups in total. The zero-order valence-corrected chi connectivity index (χ0v) is 12.8. The number of benzene rings is 1. The van der Waals surface area contributed by atoms with Crippen LogP contribution in [0.25, 0.3) is 0 Å². The lowest BCUT2D eigenvalue weighted by molar-refractivity contribution is 0.0534. The Balaban J connectivity index is 1.83. The monoisotopic (exact) mass is 285 g/mol. The summed E-state index contributed by atoms with van der Waals surface area (Å²) in [6.45, 7) is 6.03. The van der Waals surface area contributed by atoms with E-state index in [0.29, 0.717) is 19.8 Å². The van der Waals surface area contributed by atoms with Gasteiger partial charge in [-0.05, 0) is 43.5 Å². The van der Waals surface area contributed by atoms with Crippen LogP contribution in [0, 0.1) is 0 Å². The maximum atomic E-state index is 5.90. The first kappa shape index (κ1) is 15.7. The van der Waals surface area contributed by atoms with Crippen LogP contribution in [0.15, 0.2) is 48.7 Å². The van der Waals surface area contributed by atoms with E-state index >= 15 is 0 Å². The molecule has 1 heterocycles.